The van der Waals surface area contributed by atoms with E-state index in [0.29, 0.717) is 11.6 Å². The lowest BCUT2D eigenvalue weighted by atomic mass is 9.92. The number of nitrogens with zero attached hydrogens (tertiary/aromatic N) is 6. The van der Waals surface area contributed by atoms with E-state index in [9.17, 15) is 4.79 Å². The van der Waals surface area contributed by atoms with E-state index >= 15 is 0 Å². The van der Waals surface area contributed by atoms with Crippen molar-refractivity contribution in [3.05, 3.63) is 24.3 Å². The van der Waals surface area contributed by atoms with Crippen LogP contribution < -0.4 is 0 Å². The Morgan fingerprint density at radius 2 is 2.10 bits per heavy atom. The minimum absolute atomic E-state index is 0.0739. The number of hydrogen-bond acceptors (Lipinski definition) is 5. The van der Waals surface area contributed by atoms with Gasteiger partial charge in [-0.25, -0.2) is 14.8 Å². The van der Waals surface area contributed by atoms with Gasteiger partial charge in [-0.05, 0) is 11.8 Å². The topological polar surface area (TPSA) is 78.5 Å². The zero-order valence-corrected chi connectivity index (χ0v) is 13.1. The van der Waals surface area contributed by atoms with Gasteiger partial charge in [-0.1, -0.05) is 34.1 Å². The van der Waals surface area contributed by atoms with E-state index in [0.717, 1.165) is 25.7 Å². The van der Waals surface area contributed by atoms with E-state index in [1.54, 1.807) is 0 Å². The predicted molar refractivity (Wildman–Crippen MR) is 78.0 cm³/mol. The summed E-state index contributed by atoms with van der Waals surface area (Å²) in [5, 5.41) is 8.24. The maximum atomic E-state index is 12.4. The summed E-state index contributed by atoms with van der Waals surface area (Å²) in [5.74, 6) is 1.39. The number of aromatic nitrogens is 6. The first-order valence-corrected chi connectivity index (χ1v) is 7.25. The predicted octanol–water partition coefficient (Wildman–Crippen LogP) is 2.32. The third-order valence-electron chi connectivity index (χ3n) is 2.96. The van der Waals surface area contributed by atoms with E-state index in [1.807, 2.05) is 0 Å². The molecule has 2 rings (SSSR count). The quantitative estimate of drug-likeness (QED) is 0.863. The van der Waals surface area contributed by atoms with Crippen molar-refractivity contribution in [2.45, 2.75) is 53.4 Å². The van der Waals surface area contributed by atoms with Gasteiger partial charge in [0, 0.05) is 12.8 Å². The molecule has 7 nitrogen and oxygen atoms in total. The first-order valence-electron chi connectivity index (χ1n) is 7.25. The van der Waals surface area contributed by atoms with E-state index in [1.165, 1.54) is 22.0 Å². The Balaban J connectivity index is 2.31. The Bertz CT molecular complexity index is 594. The minimum Gasteiger partial charge on any atom is -0.243 e. The van der Waals surface area contributed by atoms with Crippen LogP contribution in [0.4, 0.5) is 4.79 Å². The smallest absolute Gasteiger partial charge is 0.243 e. The van der Waals surface area contributed by atoms with Gasteiger partial charge >= 0.3 is 6.03 Å². The molecule has 2 aromatic heterocycles. The SMILES string of the molecule is CCCCc1nc(CC(C)(C)C)nn1C(=O)n1cncn1. The molecule has 0 aliphatic heterocycles. The Morgan fingerprint density at radius 3 is 2.67 bits per heavy atom. The fraction of sp³-hybridized carbons (Fsp3) is 0.643. The van der Waals surface area contributed by atoms with Gasteiger partial charge in [0.15, 0.2) is 5.82 Å². The Hall–Kier alpha value is -2.05. The molecule has 21 heavy (non-hydrogen) atoms. The molecule has 0 aliphatic rings. The summed E-state index contributed by atoms with van der Waals surface area (Å²) in [6.45, 7) is 8.48. The summed E-state index contributed by atoms with van der Waals surface area (Å²) in [5.41, 5.74) is 0.0739. The van der Waals surface area contributed by atoms with Gasteiger partial charge in [-0.2, -0.15) is 14.5 Å². The molecule has 0 aromatic carbocycles. The van der Waals surface area contributed by atoms with Crippen molar-refractivity contribution in [2.75, 3.05) is 0 Å². The second-order valence-electron chi connectivity index (χ2n) is 6.32. The maximum Gasteiger partial charge on any atom is 0.372 e. The molecule has 0 amide bonds. The third kappa shape index (κ3) is 3.96. The number of unbranched alkanes of at least 4 members (excludes halogenated alkanes) is 1. The van der Waals surface area contributed by atoms with Gasteiger partial charge in [0.2, 0.25) is 0 Å². The zero-order valence-electron chi connectivity index (χ0n) is 13.1. The number of hydrogen-bond donors (Lipinski definition) is 0. The van der Waals surface area contributed by atoms with Crippen molar-refractivity contribution < 1.29 is 4.79 Å². The number of carbonyl (C=O) groups is 1. The highest BCUT2D eigenvalue weighted by Crippen LogP contribution is 2.19. The van der Waals surface area contributed by atoms with Gasteiger partial charge in [0.1, 0.15) is 18.5 Å². The molecule has 0 spiro atoms. The summed E-state index contributed by atoms with van der Waals surface area (Å²) < 4.78 is 2.52. The molecule has 114 valence electrons. The van der Waals surface area contributed by atoms with Crippen LogP contribution in [0.2, 0.25) is 0 Å². The second-order valence-corrected chi connectivity index (χ2v) is 6.32. The van der Waals surface area contributed by atoms with Crippen molar-refractivity contribution in [2.24, 2.45) is 5.41 Å². The van der Waals surface area contributed by atoms with Crippen LogP contribution in [0, 0.1) is 5.41 Å². The molecule has 0 radical (unpaired) electrons. The highest BCUT2D eigenvalue weighted by molar-refractivity contribution is 5.77. The molecule has 2 aromatic rings. The Labute approximate surface area is 124 Å². The monoisotopic (exact) mass is 290 g/mol. The highest BCUT2D eigenvalue weighted by Gasteiger charge is 2.21. The molecule has 0 saturated carbocycles. The molecule has 0 atom stereocenters. The van der Waals surface area contributed by atoms with Crippen LogP contribution in [-0.4, -0.2) is 35.6 Å². The first kappa shape index (κ1) is 15.3. The van der Waals surface area contributed by atoms with Crippen LogP contribution in [0.5, 0.6) is 0 Å². The van der Waals surface area contributed by atoms with Gasteiger partial charge in [-0.3, -0.25) is 0 Å². The summed E-state index contributed by atoms with van der Waals surface area (Å²) in [4.78, 5) is 20.7. The van der Waals surface area contributed by atoms with Gasteiger partial charge in [0.25, 0.3) is 0 Å². The normalized spacial score (nSPS) is 11.8. The second kappa shape index (κ2) is 6.15. The fourth-order valence-electron chi connectivity index (χ4n) is 1.99. The van der Waals surface area contributed by atoms with Gasteiger partial charge < -0.3 is 0 Å². The molecule has 0 unspecified atom stereocenters. The van der Waals surface area contributed by atoms with Crippen LogP contribution in [0.3, 0.4) is 0 Å². The standard InChI is InChI=1S/C14H22N6O/c1-5-6-7-12-17-11(8-14(2,3)4)18-20(12)13(21)19-10-15-9-16-19/h9-10H,5-8H2,1-4H3. The van der Waals surface area contributed by atoms with E-state index in [4.69, 9.17) is 0 Å². The molecular formula is C14H22N6O. The summed E-state index contributed by atoms with van der Waals surface area (Å²) in [6.07, 6.45) is 6.17. The van der Waals surface area contributed by atoms with Crippen LogP contribution >= 0.6 is 0 Å². The van der Waals surface area contributed by atoms with Crippen LogP contribution in [-0.2, 0) is 12.8 Å². The lowest BCUT2D eigenvalue weighted by Crippen LogP contribution is -2.23. The van der Waals surface area contributed by atoms with E-state index in [-0.39, 0.29) is 11.4 Å². The Morgan fingerprint density at radius 1 is 1.33 bits per heavy atom. The summed E-state index contributed by atoms with van der Waals surface area (Å²) in [6, 6.07) is -0.341. The Kier molecular flexibility index (Phi) is 4.50. The first-order chi connectivity index (χ1) is 9.90. The van der Waals surface area contributed by atoms with Crippen molar-refractivity contribution in [3.8, 4) is 0 Å². The van der Waals surface area contributed by atoms with E-state index < -0.39 is 0 Å². The molecular weight excluding hydrogens is 268 g/mol. The number of aryl methyl sites for hydroxylation is 1. The molecule has 0 N–H and O–H groups in total. The molecule has 2 heterocycles. The zero-order chi connectivity index (χ0) is 15.5. The van der Waals surface area contributed by atoms with Crippen LogP contribution in [0.25, 0.3) is 0 Å². The van der Waals surface area contributed by atoms with E-state index in [2.05, 4.69) is 47.9 Å². The van der Waals surface area contributed by atoms with Gasteiger partial charge in [-0.15, -0.1) is 5.10 Å². The van der Waals surface area contributed by atoms with Crippen LogP contribution in [0.1, 0.15) is 52.2 Å². The lowest BCUT2D eigenvalue weighted by molar-refractivity contribution is 0.237. The van der Waals surface area contributed by atoms with Crippen molar-refractivity contribution in [1.29, 1.82) is 0 Å². The minimum atomic E-state index is -0.341. The highest BCUT2D eigenvalue weighted by atomic mass is 16.2. The summed E-state index contributed by atoms with van der Waals surface area (Å²) >= 11 is 0. The van der Waals surface area contributed by atoms with Gasteiger partial charge in [0.05, 0.1) is 0 Å². The molecule has 0 fully saturated rings. The average molecular weight is 290 g/mol. The van der Waals surface area contributed by atoms with Crippen LogP contribution in [0.15, 0.2) is 12.7 Å². The van der Waals surface area contributed by atoms with Crippen molar-refractivity contribution in [1.82, 2.24) is 29.5 Å². The lowest BCUT2D eigenvalue weighted by Gasteiger charge is -2.14. The average Bonchev–Trinajstić information content (AvgIpc) is 3.02. The number of carbonyl (C=O) groups excluding carboxylic acids is 1. The molecule has 0 aliphatic carbocycles. The molecule has 0 bridgehead atoms. The number of rotatable bonds is 4. The van der Waals surface area contributed by atoms with Crippen molar-refractivity contribution >= 4 is 6.03 Å². The maximum absolute atomic E-state index is 12.4. The fourth-order valence-corrected chi connectivity index (χ4v) is 1.99. The summed E-state index contributed by atoms with van der Waals surface area (Å²) in [7, 11) is 0. The largest absolute Gasteiger partial charge is 0.372 e. The third-order valence-corrected chi connectivity index (χ3v) is 2.96. The molecule has 7 heteroatoms. The molecule has 0 saturated heterocycles. The van der Waals surface area contributed by atoms with Crippen molar-refractivity contribution in [3.63, 3.8) is 0 Å².